The number of ether oxygens (including phenoxy) is 1. The third kappa shape index (κ3) is 4.21. The lowest BCUT2D eigenvalue weighted by atomic mass is 9.49. The SMILES string of the molecule is COC(=O)c1ccc(CNS(=O)(=O)CCC23CC4CC(CC(C4)C2)C3)cc1. The number of nitrogens with one attached hydrogen (secondary N) is 1. The van der Waals surface area contributed by atoms with Gasteiger partial charge in [-0.3, -0.25) is 0 Å². The van der Waals surface area contributed by atoms with Gasteiger partial charge in [0.25, 0.3) is 0 Å². The van der Waals surface area contributed by atoms with Crippen molar-refractivity contribution in [3.8, 4) is 0 Å². The minimum Gasteiger partial charge on any atom is -0.465 e. The second-order valence-electron chi connectivity index (χ2n) is 9.00. The maximum absolute atomic E-state index is 12.5. The molecule has 6 heteroatoms. The van der Waals surface area contributed by atoms with E-state index in [0.717, 1.165) is 29.7 Å². The summed E-state index contributed by atoms with van der Waals surface area (Å²) in [6.45, 7) is 0.255. The fourth-order valence-electron chi connectivity index (χ4n) is 6.09. The van der Waals surface area contributed by atoms with Crippen molar-refractivity contribution in [2.24, 2.45) is 23.2 Å². The van der Waals surface area contributed by atoms with E-state index in [-0.39, 0.29) is 17.7 Å². The maximum atomic E-state index is 12.5. The first kappa shape index (κ1) is 18.9. The Kier molecular flexibility index (Phi) is 5.06. The topological polar surface area (TPSA) is 72.5 Å². The molecule has 0 amide bonds. The van der Waals surface area contributed by atoms with Crippen LogP contribution >= 0.6 is 0 Å². The highest BCUT2D eigenvalue weighted by atomic mass is 32.2. The van der Waals surface area contributed by atoms with Crippen molar-refractivity contribution in [1.29, 1.82) is 0 Å². The van der Waals surface area contributed by atoms with Crippen LogP contribution < -0.4 is 4.72 Å². The summed E-state index contributed by atoms with van der Waals surface area (Å²) >= 11 is 0. The van der Waals surface area contributed by atoms with Crippen LogP contribution in [0.2, 0.25) is 0 Å². The van der Waals surface area contributed by atoms with Gasteiger partial charge in [0.15, 0.2) is 0 Å². The first-order chi connectivity index (χ1) is 12.9. The average molecular weight is 392 g/mol. The molecule has 0 heterocycles. The van der Waals surface area contributed by atoms with Crippen molar-refractivity contribution >= 4 is 16.0 Å². The van der Waals surface area contributed by atoms with Gasteiger partial charge in [-0.1, -0.05) is 12.1 Å². The molecule has 1 aromatic rings. The predicted molar refractivity (Wildman–Crippen MR) is 104 cm³/mol. The van der Waals surface area contributed by atoms with Crippen LogP contribution in [0.25, 0.3) is 0 Å². The first-order valence-electron chi connectivity index (χ1n) is 10.0. The number of sulfonamides is 1. The third-order valence-electron chi connectivity index (χ3n) is 6.94. The maximum Gasteiger partial charge on any atom is 0.337 e. The van der Waals surface area contributed by atoms with Gasteiger partial charge in [-0.05, 0) is 85.8 Å². The van der Waals surface area contributed by atoms with Crippen molar-refractivity contribution in [2.75, 3.05) is 12.9 Å². The fourth-order valence-corrected chi connectivity index (χ4v) is 7.32. The Labute approximate surface area is 161 Å². The third-order valence-corrected chi connectivity index (χ3v) is 8.26. The number of hydrogen-bond acceptors (Lipinski definition) is 4. The van der Waals surface area contributed by atoms with Crippen LogP contribution in [-0.2, 0) is 21.3 Å². The molecule has 0 saturated heterocycles. The van der Waals surface area contributed by atoms with E-state index >= 15 is 0 Å². The highest BCUT2D eigenvalue weighted by Gasteiger charge is 2.50. The Hall–Kier alpha value is -1.40. The van der Waals surface area contributed by atoms with Crippen molar-refractivity contribution in [3.63, 3.8) is 0 Å². The van der Waals surface area contributed by atoms with Gasteiger partial charge >= 0.3 is 5.97 Å². The zero-order valence-corrected chi connectivity index (χ0v) is 16.8. The zero-order chi connectivity index (χ0) is 19.1. The highest BCUT2D eigenvalue weighted by molar-refractivity contribution is 7.89. The molecule has 4 aliphatic rings. The van der Waals surface area contributed by atoms with Crippen LogP contribution in [0.5, 0.6) is 0 Å². The number of hydrogen-bond donors (Lipinski definition) is 1. The van der Waals surface area contributed by atoms with Gasteiger partial charge in [-0.2, -0.15) is 0 Å². The molecule has 0 atom stereocenters. The second-order valence-corrected chi connectivity index (χ2v) is 10.9. The van der Waals surface area contributed by atoms with E-state index in [1.54, 1.807) is 24.3 Å². The van der Waals surface area contributed by atoms with E-state index in [1.165, 1.54) is 45.6 Å². The molecule has 4 saturated carbocycles. The minimum atomic E-state index is -3.30. The van der Waals surface area contributed by atoms with Crippen molar-refractivity contribution in [1.82, 2.24) is 4.72 Å². The summed E-state index contributed by atoms with van der Waals surface area (Å²) in [7, 11) is -1.95. The average Bonchev–Trinajstić information content (AvgIpc) is 2.64. The lowest BCUT2D eigenvalue weighted by molar-refractivity contribution is -0.0540. The molecule has 0 spiro atoms. The van der Waals surface area contributed by atoms with Gasteiger partial charge in [0.1, 0.15) is 0 Å². The lowest BCUT2D eigenvalue weighted by Gasteiger charge is -2.57. The molecular weight excluding hydrogens is 362 g/mol. The van der Waals surface area contributed by atoms with Gasteiger partial charge < -0.3 is 4.74 Å². The van der Waals surface area contributed by atoms with Crippen molar-refractivity contribution < 1.29 is 17.9 Å². The summed E-state index contributed by atoms with van der Waals surface area (Å²) < 4.78 is 32.5. The van der Waals surface area contributed by atoms with E-state index in [1.807, 2.05) is 0 Å². The molecule has 0 radical (unpaired) electrons. The number of methoxy groups -OCH3 is 1. The number of rotatable bonds is 7. The number of benzene rings is 1. The Morgan fingerprint density at radius 1 is 1.07 bits per heavy atom. The molecule has 27 heavy (non-hydrogen) atoms. The molecule has 1 aromatic carbocycles. The molecule has 0 unspecified atom stereocenters. The number of esters is 1. The molecule has 148 valence electrons. The molecule has 5 rings (SSSR count). The molecule has 5 nitrogen and oxygen atoms in total. The lowest BCUT2D eigenvalue weighted by Crippen LogP contribution is -2.47. The quantitative estimate of drug-likeness (QED) is 0.722. The van der Waals surface area contributed by atoms with Gasteiger partial charge in [0, 0.05) is 6.54 Å². The van der Waals surface area contributed by atoms with E-state index in [9.17, 15) is 13.2 Å². The van der Waals surface area contributed by atoms with E-state index < -0.39 is 16.0 Å². The fraction of sp³-hybridized carbons (Fsp3) is 0.667. The van der Waals surface area contributed by atoms with E-state index in [2.05, 4.69) is 9.46 Å². The Morgan fingerprint density at radius 3 is 2.15 bits per heavy atom. The predicted octanol–water partition coefficient (Wildman–Crippen LogP) is 3.50. The zero-order valence-electron chi connectivity index (χ0n) is 15.9. The highest BCUT2D eigenvalue weighted by Crippen LogP contribution is 2.61. The number of carbonyl (C=O) groups excluding carboxylic acids is 1. The molecule has 0 aromatic heterocycles. The first-order valence-corrected chi connectivity index (χ1v) is 11.7. The largest absolute Gasteiger partial charge is 0.465 e. The van der Waals surface area contributed by atoms with Gasteiger partial charge in [-0.25, -0.2) is 17.9 Å². The van der Waals surface area contributed by atoms with Crippen molar-refractivity contribution in [3.05, 3.63) is 35.4 Å². The van der Waals surface area contributed by atoms with Crippen LogP contribution in [-0.4, -0.2) is 27.2 Å². The summed E-state index contributed by atoms with van der Waals surface area (Å²) in [4.78, 5) is 11.5. The molecule has 4 aliphatic carbocycles. The summed E-state index contributed by atoms with van der Waals surface area (Å²) in [5.74, 6) is 2.37. The standard InChI is InChI=1S/C21H29NO4S/c1-26-20(23)19-4-2-15(3-5-19)14-22-27(24,25)7-6-21-11-16-8-17(12-21)10-18(9-16)13-21/h2-5,16-18,22H,6-14H2,1H3. The molecule has 1 N–H and O–H groups in total. The summed E-state index contributed by atoms with van der Waals surface area (Å²) in [6, 6.07) is 6.83. The molecule has 0 aliphatic heterocycles. The summed E-state index contributed by atoms with van der Waals surface area (Å²) in [6.07, 6.45) is 8.66. The van der Waals surface area contributed by atoms with Crippen LogP contribution in [0.1, 0.15) is 60.9 Å². The van der Waals surface area contributed by atoms with Crippen LogP contribution in [0.3, 0.4) is 0 Å². The van der Waals surface area contributed by atoms with E-state index in [4.69, 9.17) is 0 Å². The van der Waals surface area contributed by atoms with Crippen LogP contribution in [0, 0.1) is 23.2 Å². The van der Waals surface area contributed by atoms with Gasteiger partial charge in [0.05, 0.1) is 18.4 Å². The second kappa shape index (κ2) is 7.21. The summed E-state index contributed by atoms with van der Waals surface area (Å²) in [5.41, 5.74) is 1.58. The van der Waals surface area contributed by atoms with E-state index in [0.29, 0.717) is 5.56 Å². The van der Waals surface area contributed by atoms with Crippen LogP contribution in [0.15, 0.2) is 24.3 Å². The van der Waals surface area contributed by atoms with Gasteiger partial charge in [-0.15, -0.1) is 0 Å². The van der Waals surface area contributed by atoms with Crippen molar-refractivity contribution in [2.45, 2.75) is 51.5 Å². The molecule has 4 bridgehead atoms. The molecule has 4 fully saturated rings. The summed E-state index contributed by atoms with van der Waals surface area (Å²) in [5, 5.41) is 0. The minimum absolute atomic E-state index is 0.222. The molecular formula is C21H29NO4S. The smallest absolute Gasteiger partial charge is 0.337 e. The Balaban J connectivity index is 1.31. The number of carbonyl (C=O) groups is 1. The normalized spacial score (nSPS) is 31.8. The van der Waals surface area contributed by atoms with Crippen LogP contribution in [0.4, 0.5) is 0 Å². The van der Waals surface area contributed by atoms with Gasteiger partial charge in [0.2, 0.25) is 10.0 Å². The Morgan fingerprint density at radius 2 is 1.63 bits per heavy atom. The monoisotopic (exact) mass is 391 g/mol. The Bertz CT molecular complexity index is 765.